The van der Waals surface area contributed by atoms with E-state index in [1.54, 1.807) is 21.9 Å². The maximum absolute atomic E-state index is 12.6. The number of nitrogens with two attached hydrogens (primary N) is 1. The molecule has 1 aliphatic rings. The molecule has 6 heteroatoms. The summed E-state index contributed by atoms with van der Waals surface area (Å²) in [7, 11) is 0. The highest BCUT2D eigenvalue weighted by molar-refractivity contribution is 6.30. The lowest BCUT2D eigenvalue weighted by molar-refractivity contribution is -0.135. The molecule has 130 valence electrons. The summed E-state index contributed by atoms with van der Waals surface area (Å²) in [6.45, 7) is 2.12. The third-order valence-electron chi connectivity index (χ3n) is 4.33. The minimum absolute atomic E-state index is 0.0480. The molecule has 0 atom stereocenters. The number of carbonyl (C=O) groups is 2. The number of amides is 2. The van der Waals surface area contributed by atoms with Gasteiger partial charge >= 0.3 is 0 Å². The van der Waals surface area contributed by atoms with Gasteiger partial charge in [0.2, 0.25) is 5.91 Å². The summed E-state index contributed by atoms with van der Waals surface area (Å²) < 4.78 is 0. The number of hydrogen-bond acceptors (Lipinski definition) is 3. The number of carbonyl (C=O) groups excluding carboxylic acids is 2. The van der Waals surface area contributed by atoms with E-state index in [9.17, 15) is 9.59 Å². The predicted molar refractivity (Wildman–Crippen MR) is 97.1 cm³/mol. The molecule has 1 saturated heterocycles. The molecule has 0 spiro atoms. The Kier molecular flexibility index (Phi) is 5.36. The summed E-state index contributed by atoms with van der Waals surface area (Å²) in [6, 6.07) is 14.6. The fraction of sp³-hybridized carbons (Fsp3) is 0.263. The molecule has 0 bridgehead atoms. The van der Waals surface area contributed by atoms with E-state index in [0.29, 0.717) is 36.8 Å². The van der Waals surface area contributed by atoms with Crippen LogP contribution in [0.15, 0.2) is 48.5 Å². The van der Waals surface area contributed by atoms with E-state index >= 15 is 0 Å². The Hall–Kier alpha value is -2.37. The van der Waals surface area contributed by atoms with Crippen molar-refractivity contribution in [2.24, 2.45) is 5.73 Å². The van der Waals surface area contributed by atoms with Crippen LogP contribution >= 0.6 is 11.6 Å². The van der Waals surface area contributed by atoms with Gasteiger partial charge in [-0.3, -0.25) is 9.59 Å². The van der Waals surface area contributed by atoms with Crippen molar-refractivity contribution in [2.75, 3.05) is 19.6 Å². The molecule has 25 heavy (non-hydrogen) atoms. The highest BCUT2D eigenvalue weighted by Gasteiger charge is 2.27. The van der Waals surface area contributed by atoms with E-state index in [1.165, 1.54) is 0 Å². The number of rotatable bonds is 4. The van der Waals surface area contributed by atoms with Gasteiger partial charge in [-0.05, 0) is 35.4 Å². The van der Waals surface area contributed by atoms with Crippen LogP contribution in [0.2, 0.25) is 5.02 Å². The monoisotopic (exact) mass is 357 g/mol. The van der Waals surface area contributed by atoms with Crippen LogP contribution in [0.5, 0.6) is 0 Å². The molecule has 0 aromatic heterocycles. The fourth-order valence-corrected chi connectivity index (χ4v) is 2.95. The van der Waals surface area contributed by atoms with E-state index in [1.807, 2.05) is 36.4 Å². The van der Waals surface area contributed by atoms with Crippen LogP contribution in [-0.2, 0) is 17.9 Å². The lowest BCUT2D eigenvalue weighted by atomic mass is 10.1. The largest absolute Gasteiger partial charge is 0.335 e. The van der Waals surface area contributed by atoms with Crippen LogP contribution < -0.4 is 5.73 Å². The van der Waals surface area contributed by atoms with Gasteiger partial charge in [-0.2, -0.15) is 0 Å². The minimum Gasteiger partial charge on any atom is -0.335 e. The molecule has 1 aliphatic heterocycles. The van der Waals surface area contributed by atoms with Crippen molar-refractivity contribution in [3.8, 4) is 0 Å². The fourth-order valence-electron chi connectivity index (χ4n) is 2.83. The van der Waals surface area contributed by atoms with Gasteiger partial charge in [0.05, 0.1) is 0 Å². The van der Waals surface area contributed by atoms with Gasteiger partial charge in [0.15, 0.2) is 0 Å². The SMILES string of the molecule is NCc1ccc(C(=O)N2CCN(Cc3ccc(Cl)cc3)C(=O)C2)cc1. The average molecular weight is 358 g/mol. The van der Waals surface area contributed by atoms with Gasteiger partial charge < -0.3 is 15.5 Å². The van der Waals surface area contributed by atoms with Gasteiger partial charge in [-0.15, -0.1) is 0 Å². The molecule has 0 unspecified atom stereocenters. The molecule has 0 radical (unpaired) electrons. The van der Waals surface area contributed by atoms with Crippen LogP contribution in [0.4, 0.5) is 0 Å². The summed E-state index contributed by atoms with van der Waals surface area (Å²) in [5.41, 5.74) is 8.15. The quantitative estimate of drug-likeness (QED) is 0.912. The molecule has 3 rings (SSSR count). The van der Waals surface area contributed by atoms with E-state index in [2.05, 4.69) is 0 Å². The first-order valence-electron chi connectivity index (χ1n) is 8.17. The lowest BCUT2D eigenvalue weighted by Gasteiger charge is -2.34. The second-order valence-electron chi connectivity index (χ2n) is 6.07. The second kappa shape index (κ2) is 7.68. The topological polar surface area (TPSA) is 66.6 Å². The Bertz CT molecular complexity index is 759. The Morgan fingerprint density at radius 3 is 2.24 bits per heavy atom. The molecular weight excluding hydrogens is 338 g/mol. The molecule has 1 heterocycles. The van der Waals surface area contributed by atoms with Crippen LogP contribution in [0.1, 0.15) is 21.5 Å². The zero-order valence-corrected chi connectivity index (χ0v) is 14.6. The van der Waals surface area contributed by atoms with Crippen molar-refractivity contribution < 1.29 is 9.59 Å². The van der Waals surface area contributed by atoms with Crippen LogP contribution in [-0.4, -0.2) is 41.2 Å². The summed E-state index contributed by atoms with van der Waals surface area (Å²) in [4.78, 5) is 28.3. The number of benzene rings is 2. The van der Waals surface area contributed by atoms with Crippen LogP contribution in [0, 0.1) is 0 Å². The zero-order chi connectivity index (χ0) is 17.8. The van der Waals surface area contributed by atoms with Gasteiger partial charge in [0.25, 0.3) is 5.91 Å². The van der Waals surface area contributed by atoms with E-state index < -0.39 is 0 Å². The smallest absolute Gasteiger partial charge is 0.254 e. The molecule has 2 amide bonds. The van der Waals surface area contributed by atoms with E-state index in [4.69, 9.17) is 17.3 Å². The summed E-state index contributed by atoms with van der Waals surface area (Å²) in [5.74, 6) is -0.170. The first-order valence-corrected chi connectivity index (χ1v) is 8.55. The summed E-state index contributed by atoms with van der Waals surface area (Å²) in [6.07, 6.45) is 0. The first-order chi connectivity index (χ1) is 12.1. The van der Waals surface area contributed by atoms with E-state index in [0.717, 1.165) is 11.1 Å². The van der Waals surface area contributed by atoms with Crippen molar-refractivity contribution in [1.29, 1.82) is 0 Å². The Labute approximate surface area is 152 Å². The van der Waals surface area contributed by atoms with Crippen LogP contribution in [0.3, 0.4) is 0 Å². The summed E-state index contributed by atoms with van der Waals surface area (Å²) >= 11 is 5.88. The Balaban J connectivity index is 1.61. The number of nitrogens with zero attached hydrogens (tertiary/aromatic N) is 2. The molecule has 2 N–H and O–H groups in total. The molecular formula is C19H20ClN3O2. The minimum atomic E-state index is -0.122. The van der Waals surface area contributed by atoms with Gasteiger partial charge in [-0.25, -0.2) is 0 Å². The Morgan fingerprint density at radius 1 is 1.00 bits per heavy atom. The third-order valence-corrected chi connectivity index (χ3v) is 4.58. The first kappa shape index (κ1) is 17.5. The van der Waals surface area contributed by atoms with Crippen molar-refractivity contribution in [2.45, 2.75) is 13.1 Å². The van der Waals surface area contributed by atoms with Gasteiger partial charge in [-0.1, -0.05) is 35.9 Å². The van der Waals surface area contributed by atoms with Gasteiger partial charge in [0, 0.05) is 36.8 Å². The molecule has 0 saturated carbocycles. The number of hydrogen-bond donors (Lipinski definition) is 1. The lowest BCUT2D eigenvalue weighted by Crippen LogP contribution is -2.51. The van der Waals surface area contributed by atoms with Crippen molar-refractivity contribution in [3.05, 3.63) is 70.2 Å². The molecule has 1 fully saturated rings. The maximum Gasteiger partial charge on any atom is 0.254 e. The maximum atomic E-state index is 12.6. The average Bonchev–Trinajstić information content (AvgIpc) is 2.64. The highest BCUT2D eigenvalue weighted by atomic mass is 35.5. The highest BCUT2D eigenvalue weighted by Crippen LogP contribution is 2.15. The van der Waals surface area contributed by atoms with Crippen molar-refractivity contribution >= 4 is 23.4 Å². The normalized spacial score (nSPS) is 14.7. The van der Waals surface area contributed by atoms with E-state index in [-0.39, 0.29) is 18.4 Å². The number of halogens is 1. The molecule has 2 aromatic rings. The number of piperazine rings is 1. The zero-order valence-electron chi connectivity index (χ0n) is 13.8. The standard InChI is InChI=1S/C19H20ClN3O2/c20-17-7-3-15(4-8-17)12-22-9-10-23(13-18(22)24)19(25)16-5-1-14(11-21)2-6-16/h1-8H,9-13,21H2. The third kappa shape index (κ3) is 4.18. The molecule has 2 aromatic carbocycles. The van der Waals surface area contributed by atoms with Crippen molar-refractivity contribution in [1.82, 2.24) is 9.80 Å². The molecule has 0 aliphatic carbocycles. The van der Waals surface area contributed by atoms with Crippen LogP contribution in [0.25, 0.3) is 0 Å². The Morgan fingerprint density at radius 2 is 1.64 bits per heavy atom. The second-order valence-corrected chi connectivity index (χ2v) is 6.51. The predicted octanol–water partition coefficient (Wildman–Crippen LogP) is 2.28. The molecule has 5 nitrogen and oxygen atoms in total. The van der Waals surface area contributed by atoms with Crippen molar-refractivity contribution in [3.63, 3.8) is 0 Å². The summed E-state index contributed by atoms with van der Waals surface area (Å²) in [5, 5.41) is 0.672. The van der Waals surface area contributed by atoms with Gasteiger partial charge in [0.1, 0.15) is 6.54 Å².